The van der Waals surface area contributed by atoms with E-state index in [1.165, 1.54) is 12.1 Å². The molecule has 142 valence electrons. The van der Waals surface area contributed by atoms with Crippen LogP contribution in [-0.4, -0.2) is 18.2 Å². The van der Waals surface area contributed by atoms with Crippen molar-refractivity contribution in [2.75, 3.05) is 4.72 Å². The quantitative estimate of drug-likeness (QED) is 0.630. The Morgan fingerprint density at radius 2 is 1.67 bits per heavy atom. The summed E-state index contributed by atoms with van der Waals surface area (Å²) in [5.41, 5.74) is 2.00. The Labute approximate surface area is 158 Å². The van der Waals surface area contributed by atoms with Crippen molar-refractivity contribution in [2.45, 2.75) is 37.6 Å². The van der Waals surface area contributed by atoms with Gasteiger partial charge in [-0.3, -0.25) is 9.40 Å². The van der Waals surface area contributed by atoms with Crippen molar-refractivity contribution in [3.63, 3.8) is 0 Å². The van der Waals surface area contributed by atoms with Gasteiger partial charge >= 0.3 is 0 Å². The molecule has 0 radical (unpaired) electrons. The fourth-order valence-electron chi connectivity index (χ4n) is 2.69. The van der Waals surface area contributed by atoms with Gasteiger partial charge in [0, 0.05) is 12.3 Å². The molecule has 1 N–H and O–H groups in total. The van der Waals surface area contributed by atoms with E-state index in [0.29, 0.717) is 6.54 Å². The number of sulfonamides is 1. The van der Waals surface area contributed by atoms with Crippen LogP contribution in [0.2, 0.25) is 0 Å². The van der Waals surface area contributed by atoms with E-state index in [0.717, 1.165) is 30.4 Å². The summed E-state index contributed by atoms with van der Waals surface area (Å²) in [4.78, 5) is 0.204. The average molecular weight is 387 g/mol. The molecule has 2 aromatic carbocycles. The first kappa shape index (κ1) is 19.1. The number of aryl methyl sites for hydroxylation is 1. The van der Waals surface area contributed by atoms with Crippen LogP contribution in [-0.2, 0) is 23.0 Å². The Hall–Kier alpha value is -2.67. The van der Waals surface area contributed by atoms with Crippen LogP contribution in [0.25, 0.3) is 0 Å². The molecule has 0 amide bonds. The van der Waals surface area contributed by atoms with Gasteiger partial charge in [0.05, 0.1) is 11.4 Å². The lowest BCUT2D eigenvalue weighted by Crippen LogP contribution is -2.14. The van der Waals surface area contributed by atoms with Crippen LogP contribution >= 0.6 is 0 Å². The van der Waals surface area contributed by atoms with E-state index < -0.39 is 10.0 Å². The van der Waals surface area contributed by atoms with E-state index in [-0.39, 0.29) is 16.5 Å². The number of rotatable bonds is 8. The van der Waals surface area contributed by atoms with Crippen LogP contribution in [0.15, 0.2) is 65.7 Å². The second kappa shape index (κ2) is 8.35. The molecule has 0 bridgehead atoms. The van der Waals surface area contributed by atoms with Crippen molar-refractivity contribution in [1.82, 2.24) is 9.78 Å². The molecule has 0 spiro atoms. The fraction of sp³-hybridized carbons (Fsp3) is 0.250. The summed E-state index contributed by atoms with van der Waals surface area (Å²) in [6.45, 7) is 2.55. The molecule has 0 saturated carbocycles. The van der Waals surface area contributed by atoms with Gasteiger partial charge in [-0.2, -0.15) is 5.10 Å². The maximum atomic E-state index is 13.0. The number of aromatic nitrogens is 2. The van der Waals surface area contributed by atoms with Crippen molar-refractivity contribution in [2.24, 2.45) is 0 Å². The zero-order valence-corrected chi connectivity index (χ0v) is 15.9. The van der Waals surface area contributed by atoms with Gasteiger partial charge in [-0.1, -0.05) is 37.6 Å². The first-order valence-electron chi connectivity index (χ1n) is 8.86. The maximum absolute atomic E-state index is 13.0. The van der Waals surface area contributed by atoms with Crippen molar-refractivity contribution in [3.8, 4) is 0 Å². The van der Waals surface area contributed by atoms with Crippen LogP contribution in [0.4, 0.5) is 10.2 Å². The summed E-state index contributed by atoms with van der Waals surface area (Å²) in [6.07, 6.45) is 4.80. The molecule has 5 nitrogen and oxygen atoms in total. The fourth-order valence-corrected chi connectivity index (χ4v) is 3.69. The Kier molecular flexibility index (Phi) is 5.91. The summed E-state index contributed by atoms with van der Waals surface area (Å²) in [7, 11) is -3.69. The SMILES string of the molecule is CCCCc1ccc(S(=O)(=O)Nc2ccn(Cc3ccc(F)cc3)n2)cc1. The highest BCUT2D eigenvalue weighted by atomic mass is 32.2. The molecule has 1 heterocycles. The highest BCUT2D eigenvalue weighted by molar-refractivity contribution is 7.92. The summed E-state index contributed by atoms with van der Waals surface area (Å²) < 4.78 is 42.1. The first-order chi connectivity index (χ1) is 13.0. The highest BCUT2D eigenvalue weighted by Crippen LogP contribution is 2.16. The van der Waals surface area contributed by atoms with E-state index in [2.05, 4.69) is 16.7 Å². The summed E-state index contributed by atoms with van der Waals surface area (Å²) in [6, 6.07) is 14.6. The molecule has 7 heteroatoms. The summed E-state index contributed by atoms with van der Waals surface area (Å²) >= 11 is 0. The molecule has 0 aliphatic rings. The van der Waals surface area contributed by atoms with Crippen LogP contribution in [0.1, 0.15) is 30.9 Å². The van der Waals surface area contributed by atoms with E-state index in [9.17, 15) is 12.8 Å². The van der Waals surface area contributed by atoms with E-state index >= 15 is 0 Å². The highest BCUT2D eigenvalue weighted by Gasteiger charge is 2.15. The third-order valence-electron chi connectivity index (χ3n) is 4.19. The Bertz CT molecular complexity index is 981. The van der Waals surface area contributed by atoms with Gasteiger partial charge in [0.15, 0.2) is 5.82 Å². The van der Waals surface area contributed by atoms with Crippen molar-refractivity contribution in [3.05, 3.63) is 77.7 Å². The Balaban J connectivity index is 1.67. The molecule has 0 aliphatic heterocycles. The van der Waals surface area contributed by atoms with Crippen molar-refractivity contribution in [1.29, 1.82) is 0 Å². The minimum atomic E-state index is -3.69. The maximum Gasteiger partial charge on any atom is 0.263 e. The third kappa shape index (κ3) is 5.17. The molecule has 1 aromatic heterocycles. The minimum Gasteiger partial charge on any atom is -0.266 e. The van der Waals surface area contributed by atoms with Gasteiger partial charge in [-0.15, -0.1) is 0 Å². The predicted molar refractivity (Wildman–Crippen MR) is 104 cm³/mol. The van der Waals surface area contributed by atoms with Crippen LogP contribution in [0.5, 0.6) is 0 Å². The topological polar surface area (TPSA) is 64.0 Å². The molecular weight excluding hydrogens is 365 g/mol. The standard InChI is InChI=1S/C20H22FN3O2S/c1-2-3-4-16-7-11-19(12-8-16)27(25,26)23-20-13-14-24(22-20)15-17-5-9-18(21)10-6-17/h5-14H,2-4,15H2,1H3,(H,22,23). The minimum absolute atomic E-state index is 0.204. The molecule has 0 aliphatic carbocycles. The molecular formula is C20H22FN3O2S. The number of halogens is 1. The zero-order chi connectivity index (χ0) is 19.3. The second-order valence-corrected chi connectivity index (χ2v) is 8.06. The molecule has 0 fully saturated rings. The monoisotopic (exact) mass is 387 g/mol. The van der Waals surface area contributed by atoms with E-state index in [4.69, 9.17) is 0 Å². The normalized spacial score (nSPS) is 11.5. The van der Waals surface area contributed by atoms with Gasteiger partial charge in [-0.25, -0.2) is 12.8 Å². The molecule has 27 heavy (non-hydrogen) atoms. The molecule has 3 aromatic rings. The van der Waals surface area contributed by atoms with E-state index in [1.807, 2.05) is 12.1 Å². The number of nitrogens with zero attached hydrogens (tertiary/aromatic N) is 2. The zero-order valence-electron chi connectivity index (χ0n) is 15.1. The lowest BCUT2D eigenvalue weighted by Gasteiger charge is -2.07. The molecule has 3 rings (SSSR count). The van der Waals surface area contributed by atoms with Gasteiger partial charge in [0.1, 0.15) is 5.82 Å². The van der Waals surface area contributed by atoms with Gasteiger partial charge in [-0.05, 0) is 48.2 Å². The molecule has 0 unspecified atom stereocenters. The summed E-state index contributed by atoms with van der Waals surface area (Å²) in [5, 5.41) is 4.23. The Morgan fingerprint density at radius 3 is 2.33 bits per heavy atom. The van der Waals surface area contributed by atoms with Gasteiger partial charge < -0.3 is 0 Å². The molecule has 0 atom stereocenters. The molecule has 0 saturated heterocycles. The Morgan fingerprint density at radius 1 is 1.00 bits per heavy atom. The van der Waals surface area contributed by atoms with E-state index in [1.54, 1.807) is 41.2 Å². The van der Waals surface area contributed by atoms with Crippen LogP contribution < -0.4 is 4.72 Å². The number of benzene rings is 2. The second-order valence-electron chi connectivity index (χ2n) is 6.38. The lowest BCUT2D eigenvalue weighted by atomic mass is 10.1. The third-order valence-corrected chi connectivity index (χ3v) is 5.56. The summed E-state index contributed by atoms with van der Waals surface area (Å²) in [5.74, 6) is -0.0550. The number of nitrogens with one attached hydrogen (secondary N) is 1. The lowest BCUT2D eigenvalue weighted by molar-refractivity contribution is 0.600. The number of hydrogen-bond donors (Lipinski definition) is 1. The predicted octanol–water partition coefficient (Wildman–Crippen LogP) is 4.21. The number of hydrogen-bond acceptors (Lipinski definition) is 3. The first-order valence-corrected chi connectivity index (χ1v) is 10.3. The van der Waals surface area contributed by atoms with Crippen molar-refractivity contribution < 1.29 is 12.8 Å². The van der Waals surface area contributed by atoms with Gasteiger partial charge in [0.25, 0.3) is 10.0 Å². The number of unbranched alkanes of at least 4 members (excludes halogenated alkanes) is 1. The van der Waals surface area contributed by atoms with Crippen LogP contribution in [0.3, 0.4) is 0 Å². The number of anilines is 1. The largest absolute Gasteiger partial charge is 0.266 e. The van der Waals surface area contributed by atoms with Crippen LogP contribution in [0, 0.1) is 5.82 Å². The van der Waals surface area contributed by atoms with Gasteiger partial charge in [0.2, 0.25) is 0 Å². The smallest absolute Gasteiger partial charge is 0.263 e. The van der Waals surface area contributed by atoms with Crippen molar-refractivity contribution >= 4 is 15.8 Å². The average Bonchev–Trinajstić information content (AvgIpc) is 3.08.